The molecule has 0 fully saturated rings. The Hall–Kier alpha value is -2.09. The average Bonchev–Trinajstić information content (AvgIpc) is 2.67. The van der Waals surface area contributed by atoms with Gasteiger partial charge in [-0.15, -0.1) is 0 Å². The lowest BCUT2D eigenvalue weighted by atomic mass is 10.1. The van der Waals surface area contributed by atoms with Crippen LogP contribution in [0.2, 0.25) is 0 Å². The van der Waals surface area contributed by atoms with Gasteiger partial charge in [0.2, 0.25) is 0 Å². The van der Waals surface area contributed by atoms with E-state index in [-0.39, 0.29) is 0 Å². The minimum atomic E-state index is 0.632. The Morgan fingerprint density at radius 3 is 2.69 bits per heavy atom. The van der Waals surface area contributed by atoms with E-state index in [4.69, 9.17) is 4.42 Å². The van der Waals surface area contributed by atoms with Crippen LogP contribution < -0.4 is 0 Å². The highest BCUT2D eigenvalue weighted by atomic mass is 16.3. The summed E-state index contributed by atoms with van der Waals surface area (Å²) < 4.78 is 5.78. The second-order valence-electron chi connectivity index (χ2n) is 3.81. The molecule has 1 heterocycles. The zero-order chi connectivity index (χ0) is 11.0. The van der Waals surface area contributed by atoms with Crippen molar-refractivity contribution in [3.63, 3.8) is 0 Å². The van der Waals surface area contributed by atoms with Crippen molar-refractivity contribution in [3.8, 4) is 0 Å². The largest absolute Gasteiger partial charge is 0.456 e. The van der Waals surface area contributed by atoms with E-state index in [0.717, 1.165) is 27.5 Å². The van der Waals surface area contributed by atoms with Gasteiger partial charge in [-0.05, 0) is 24.4 Å². The van der Waals surface area contributed by atoms with Crippen molar-refractivity contribution in [1.82, 2.24) is 0 Å². The number of hydrogen-bond donors (Lipinski definition) is 0. The average molecular weight is 209 g/mol. The van der Waals surface area contributed by atoms with Crippen molar-refractivity contribution in [3.05, 3.63) is 48.0 Å². The maximum Gasteiger partial charge on any atom is 0.135 e. The lowest BCUT2D eigenvalue weighted by Gasteiger charge is -1.95. The second-order valence-corrected chi connectivity index (χ2v) is 3.81. The van der Waals surface area contributed by atoms with Gasteiger partial charge in [0.25, 0.3) is 0 Å². The first-order valence-electron chi connectivity index (χ1n) is 5.21. The molecule has 0 bridgehead atoms. The Morgan fingerprint density at radius 2 is 1.81 bits per heavy atom. The maximum absolute atomic E-state index is 5.78. The molecule has 0 saturated carbocycles. The van der Waals surface area contributed by atoms with Gasteiger partial charge in [-0.2, -0.15) is 0 Å². The number of hydrogen-bond acceptors (Lipinski definition) is 2. The van der Waals surface area contributed by atoms with Crippen LogP contribution in [0.1, 0.15) is 5.56 Å². The highest BCUT2D eigenvalue weighted by Crippen LogP contribution is 2.28. The fourth-order valence-corrected chi connectivity index (χ4v) is 2.00. The third kappa shape index (κ3) is 1.31. The van der Waals surface area contributed by atoms with E-state index in [1.807, 2.05) is 24.3 Å². The fourth-order valence-electron chi connectivity index (χ4n) is 2.00. The van der Waals surface area contributed by atoms with Gasteiger partial charge in [-0.1, -0.05) is 30.3 Å². The van der Waals surface area contributed by atoms with Crippen LogP contribution in [0, 0.1) is 0 Å². The number of furan rings is 1. The number of para-hydroxylation sites is 1. The second kappa shape index (κ2) is 3.49. The van der Waals surface area contributed by atoms with E-state index in [9.17, 15) is 0 Å². The summed E-state index contributed by atoms with van der Waals surface area (Å²) in [5.74, 6) is 0. The van der Waals surface area contributed by atoms with E-state index in [2.05, 4.69) is 29.9 Å². The Balaban J connectivity index is 2.32. The lowest BCUT2D eigenvalue weighted by molar-refractivity contribution is 0.668. The van der Waals surface area contributed by atoms with Gasteiger partial charge >= 0.3 is 0 Å². The first kappa shape index (κ1) is 9.16. The first-order valence-corrected chi connectivity index (χ1v) is 5.21. The van der Waals surface area contributed by atoms with E-state index in [1.54, 1.807) is 0 Å². The Labute approximate surface area is 93.2 Å². The zero-order valence-corrected chi connectivity index (χ0v) is 8.81. The van der Waals surface area contributed by atoms with Gasteiger partial charge in [0, 0.05) is 10.8 Å². The molecule has 78 valence electrons. The predicted molar refractivity (Wildman–Crippen MR) is 67.0 cm³/mol. The van der Waals surface area contributed by atoms with Crippen molar-refractivity contribution in [2.75, 3.05) is 0 Å². The molecule has 0 radical (unpaired) electrons. The minimum Gasteiger partial charge on any atom is -0.456 e. The fraction of sp³-hybridized carbons (Fsp3) is 0.0714. The molecule has 0 aliphatic rings. The standard InChI is InChI=1S/C14H11NO/c1-15-9-10-6-7-12-11-4-2-3-5-13(11)16-14(12)8-10/h2-8H,1,9H2. The smallest absolute Gasteiger partial charge is 0.135 e. The molecule has 16 heavy (non-hydrogen) atoms. The molecule has 2 nitrogen and oxygen atoms in total. The molecular weight excluding hydrogens is 198 g/mol. The summed E-state index contributed by atoms with van der Waals surface area (Å²) in [4.78, 5) is 3.87. The molecule has 0 saturated heterocycles. The maximum atomic E-state index is 5.78. The number of fused-ring (bicyclic) bond motifs is 3. The van der Waals surface area contributed by atoms with Crippen LogP contribution in [-0.4, -0.2) is 6.72 Å². The van der Waals surface area contributed by atoms with Crippen molar-refractivity contribution in [2.45, 2.75) is 6.54 Å². The molecule has 3 rings (SSSR count). The van der Waals surface area contributed by atoms with Crippen molar-refractivity contribution in [2.24, 2.45) is 4.99 Å². The summed E-state index contributed by atoms with van der Waals surface area (Å²) in [6.45, 7) is 4.13. The molecule has 2 aromatic carbocycles. The van der Waals surface area contributed by atoms with Gasteiger partial charge in [-0.25, -0.2) is 0 Å². The van der Waals surface area contributed by atoms with Gasteiger partial charge in [0.15, 0.2) is 0 Å². The Bertz CT molecular complexity index is 667. The lowest BCUT2D eigenvalue weighted by Crippen LogP contribution is -1.78. The van der Waals surface area contributed by atoms with Crippen LogP contribution in [0.25, 0.3) is 21.9 Å². The van der Waals surface area contributed by atoms with Gasteiger partial charge in [-0.3, -0.25) is 4.99 Å². The molecule has 0 amide bonds. The van der Waals surface area contributed by atoms with E-state index >= 15 is 0 Å². The monoisotopic (exact) mass is 209 g/mol. The molecular formula is C14H11NO. The highest BCUT2D eigenvalue weighted by molar-refractivity contribution is 6.04. The van der Waals surface area contributed by atoms with Crippen LogP contribution in [0.4, 0.5) is 0 Å². The molecule has 0 atom stereocenters. The third-order valence-corrected chi connectivity index (χ3v) is 2.74. The van der Waals surface area contributed by atoms with Crippen LogP contribution in [0.3, 0.4) is 0 Å². The van der Waals surface area contributed by atoms with Gasteiger partial charge in [0.1, 0.15) is 11.2 Å². The van der Waals surface area contributed by atoms with Crippen LogP contribution in [-0.2, 0) is 6.54 Å². The van der Waals surface area contributed by atoms with Crippen molar-refractivity contribution >= 4 is 28.7 Å². The van der Waals surface area contributed by atoms with Gasteiger partial charge < -0.3 is 4.42 Å². The summed E-state index contributed by atoms with van der Waals surface area (Å²) in [5.41, 5.74) is 2.98. The number of rotatable bonds is 2. The van der Waals surface area contributed by atoms with E-state index < -0.39 is 0 Å². The highest BCUT2D eigenvalue weighted by Gasteiger charge is 2.05. The summed E-state index contributed by atoms with van der Waals surface area (Å²) in [7, 11) is 0. The molecule has 2 heteroatoms. The van der Waals surface area contributed by atoms with Crippen LogP contribution in [0.5, 0.6) is 0 Å². The number of nitrogens with zero attached hydrogens (tertiary/aromatic N) is 1. The Morgan fingerprint density at radius 1 is 1.00 bits per heavy atom. The van der Waals surface area contributed by atoms with Crippen molar-refractivity contribution in [1.29, 1.82) is 0 Å². The summed E-state index contributed by atoms with van der Waals surface area (Å²) in [6.07, 6.45) is 0. The zero-order valence-electron chi connectivity index (χ0n) is 8.81. The van der Waals surface area contributed by atoms with Crippen LogP contribution >= 0.6 is 0 Å². The minimum absolute atomic E-state index is 0.632. The topological polar surface area (TPSA) is 25.5 Å². The molecule has 0 unspecified atom stereocenters. The first-order chi connectivity index (χ1) is 7.88. The quantitative estimate of drug-likeness (QED) is 0.589. The third-order valence-electron chi connectivity index (χ3n) is 2.74. The summed E-state index contributed by atoms with van der Waals surface area (Å²) >= 11 is 0. The molecule has 1 aromatic heterocycles. The van der Waals surface area contributed by atoms with E-state index in [0.29, 0.717) is 6.54 Å². The molecule has 0 aliphatic heterocycles. The number of benzene rings is 2. The molecule has 0 spiro atoms. The molecule has 0 N–H and O–H groups in total. The molecule has 3 aromatic rings. The Kier molecular flexibility index (Phi) is 2.00. The molecule has 0 aliphatic carbocycles. The van der Waals surface area contributed by atoms with Crippen LogP contribution in [0.15, 0.2) is 51.9 Å². The van der Waals surface area contributed by atoms with Crippen molar-refractivity contribution < 1.29 is 4.42 Å². The summed E-state index contributed by atoms with van der Waals surface area (Å²) in [5, 5.41) is 2.32. The normalized spacial score (nSPS) is 11.0. The van der Waals surface area contributed by atoms with E-state index in [1.165, 1.54) is 0 Å². The number of aliphatic imine (C=N–C) groups is 1. The SMILES string of the molecule is C=NCc1ccc2c(c1)oc1ccccc12. The summed E-state index contributed by atoms with van der Waals surface area (Å²) in [6, 6.07) is 14.3. The van der Waals surface area contributed by atoms with Gasteiger partial charge in [0.05, 0.1) is 6.54 Å². The predicted octanol–water partition coefficient (Wildman–Crippen LogP) is 3.79.